The third-order valence-electron chi connectivity index (χ3n) is 5.64. The Morgan fingerprint density at radius 1 is 1.28 bits per heavy atom. The molecule has 0 radical (unpaired) electrons. The minimum absolute atomic E-state index is 0.125. The summed E-state index contributed by atoms with van der Waals surface area (Å²) in [7, 11) is 0. The number of carbonyl (C=O) groups is 1. The van der Waals surface area contributed by atoms with Crippen LogP contribution in [0.3, 0.4) is 0 Å². The summed E-state index contributed by atoms with van der Waals surface area (Å²) in [6.45, 7) is 4.04. The molecule has 12 heteroatoms. The number of benzene rings is 2. The fourth-order valence-electron chi connectivity index (χ4n) is 3.81. The van der Waals surface area contributed by atoms with Gasteiger partial charge in [-0.3, -0.25) is 4.99 Å². The maximum Gasteiger partial charge on any atom is 0.511 e. The second-order valence-corrected chi connectivity index (χ2v) is 8.62. The molecule has 0 bridgehead atoms. The average Bonchev–Trinajstić information content (AvgIpc) is 3.56. The van der Waals surface area contributed by atoms with Crippen molar-refractivity contribution in [2.24, 2.45) is 4.99 Å². The Labute approximate surface area is 208 Å². The van der Waals surface area contributed by atoms with Crippen LogP contribution >= 0.6 is 11.3 Å². The summed E-state index contributed by atoms with van der Waals surface area (Å²) in [5, 5.41) is 15.5. The van der Waals surface area contributed by atoms with Gasteiger partial charge in [-0.2, -0.15) is 5.10 Å². The molecule has 0 aliphatic heterocycles. The predicted molar refractivity (Wildman–Crippen MR) is 128 cm³/mol. The Bertz CT molecular complexity index is 1350. The van der Waals surface area contributed by atoms with Gasteiger partial charge in [0.1, 0.15) is 29.3 Å². The van der Waals surface area contributed by atoms with E-state index in [1.807, 2.05) is 17.5 Å². The molecule has 0 aliphatic carbocycles. The number of hydrogen-bond donors (Lipinski definition) is 1. The van der Waals surface area contributed by atoms with Gasteiger partial charge in [-0.15, -0.1) is 11.3 Å². The highest BCUT2D eigenvalue weighted by molar-refractivity contribution is 7.10. The van der Waals surface area contributed by atoms with Gasteiger partial charge in [-0.1, -0.05) is 19.1 Å². The van der Waals surface area contributed by atoms with E-state index in [1.165, 1.54) is 34.7 Å². The normalized spacial score (nSPS) is 13.6. The molecule has 2 heterocycles. The highest BCUT2D eigenvalue weighted by atomic mass is 32.1. The van der Waals surface area contributed by atoms with Gasteiger partial charge in [0, 0.05) is 22.6 Å². The molecule has 186 valence electrons. The predicted octanol–water partition coefficient (Wildman–Crippen LogP) is 4.81. The van der Waals surface area contributed by atoms with Crippen LogP contribution in [0.25, 0.3) is 11.3 Å². The third kappa shape index (κ3) is 5.14. The van der Waals surface area contributed by atoms with Crippen molar-refractivity contribution in [3.8, 4) is 11.3 Å². The molecule has 2 aromatic carbocycles. The Morgan fingerprint density at radius 2 is 2.06 bits per heavy atom. The minimum Gasteiger partial charge on any atom is -0.420 e. The molecule has 1 N–H and O–H groups in total. The molecule has 1 unspecified atom stereocenters. The molecule has 0 spiro atoms. The quantitative estimate of drug-likeness (QED) is 0.194. The Hall–Kier alpha value is -4.03. The molecule has 0 saturated carbocycles. The first-order valence-corrected chi connectivity index (χ1v) is 11.5. The standard InChI is InChI=1S/C24H21F2N5O4S/c1-15(22-30-21(10-36-22)16-3-6-18(27-2)7-4-16)24(35-23(33)34-14-32,11-31-13-28-12-29-31)19-8-5-17(25)9-20(19)26/h3-10,12-13,15,32H,2,11,14H2,1H3/t15-,24?/m0/s1. The van der Waals surface area contributed by atoms with Crippen molar-refractivity contribution in [3.63, 3.8) is 0 Å². The van der Waals surface area contributed by atoms with Gasteiger partial charge in [-0.05, 0) is 31.0 Å². The number of halogens is 2. The smallest absolute Gasteiger partial charge is 0.420 e. The van der Waals surface area contributed by atoms with E-state index in [0.717, 1.165) is 11.6 Å². The third-order valence-corrected chi connectivity index (χ3v) is 6.66. The molecule has 0 aliphatic rings. The molecule has 2 aromatic heterocycles. The summed E-state index contributed by atoms with van der Waals surface area (Å²) in [5.74, 6) is -2.52. The SMILES string of the molecule is C=Nc1ccc(-c2csc([C@H](C)C(Cn3cncn3)(OC(=O)OCO)c3ccc(F)cc3F)n2)cc1. The summed E-state index contributed by atoms with van der Waals surface area (Å²) in [6, 6.07) is 10.2. The van der Waals surface area contributed by atoms with Gasteiger partial charge < -0.3 is 14.6 Å². The number of aliphatic hydroxyl groups excluding tert-OH is 1. The van der Waals surface area contributed by atoms with Crippen LogP contribution in [-0.4, -0.2) is 44.5 Å². The summed E-state index contributed by atoms with van der Waals surface area (Å²) in [4.78, 5) is 25.0. The number of hydrogen-bond acceptors (Lipinski definition) is 9. The molecule has 36 heavy (non-hydrogen) atoms. The number of carbonyl (C=O) groups excluding carboxylic acids is 1. The van der Waals surface area contributed by atoms with E-state index in [-0.39, 0.29) is 12.1 Å². The van der Waals surface area contributed by atoms with Crippen LogP contribution in [0.15, 0.2) is 65.5 Å². The Kier molecular flexibility index (Phi) is 7.46. The minimum atomic E-state index is -1.80. The van der Waals surface area contributed by atoms with Gasteiger partial charge in [0.25, 0.3) is 0 Å². The van der Waals surface area contributed by atoms with Crippen LogP contribution < -0.4 is 0 Å². The number of nitrogens with zero attached hydrogens (tertiary/aromatic N) is 5. The van der Waals surface area contributed by atoms with Crippen molar-refractivity contribution >= 4 is 29.9 Å². The lowest BCUT2D eigenvalue weighted by Gasteiger charge is -2.37. The van der Waals surface area contributed by atoms with Crippen molar-refractivity contribution in [1.82, 2.24) is 19.7 Å². The number of rotatable bonds is 9. The fraction of sp³-hybridized carbons (Fsp3) is 0.208. The van der Waals surface area contributed by atoms with E-state index in [0.29, 0.717) is 22.5 Å². The highest BCUT2D eigenvalue weighted by Crippen LogP contribution is 2.44. The maximum atomic E-state index is 15.2. The van der Waals surface area contributed by atoms with E-state index in [4.69, 9.17) is 14.8 Å². The van der Waals surface area contributed by atoms with Crippen LogP contribution in [0, 0.1) is 11.6 Å². The van der Waals surface area contributed by atoms with Crippen molar-refractivity contribution in [2.75, 3.05) is 6.79 Å². The van der Waals surface area contributed by atoms with Gasteiger partial charge in [0.05, 0.1) is 23.8 Å². The molecular weight excluding hydrogens is 492 g/mol. The Balaban J connectivity index is 1.83. The lowest BCUT2D eigenvalue weighted by molar-refractivity contribution is -0.0849. The number of aliphatic hydroxyl groups is 1. The van der Waals surface area contributed by atoms with Crippen molar-refractivity contribution in [1.29, 1.82) is 0 Å². The first-order valence-electron chi connectivity index (χ1n) is 10.6. The maximum absolute atomic E-state index is 15.2. The van der Waals surface area contributed by atoms with E-state index >= 15 is 4.39 Å². The second-order valence-electron chi connectivity index (χ2n) is 7.73. The first-order chi connectivity index (χ1) is 17.4. The zero-order chi connectivity index (χ0) is 25.7. The summed E-state index contributed by atoms with van der Waals surface area (Å²) >= 11 is 1.28. The topological polar surface area (TPSA) is 112 Å². The Morgan fingerprint density at radius 3 is 2.69 bits per heavy atom. The van der Waals surface area contributed by atoms with Gasteiger partial charge in [0.2, 0.25) is 0 Å². The van der Waals surface area contributed by atoms with Crippen LogP contribution in [0.2, 0.25) is 0 Å². The highest BCUT2D eigenvalue weighted by Gasteiger charge is 2.47. The first kappa shape index (κ1) is 25.1. The van der Waals surface area contributed by atoms with Crippen molar-refractivity contribution in [2.45, 2.75) is 25.0 Å². The summed E-state index contributed by atoms with van der Waals surface area (Å²) in [6.07, 6.45) is 1.38. The molecule has 4 rings (SSSR count). The van der Waals surface area contributed by atoms with Crippen LogP contribution in [0.4, 0.5) is 19.3 Å². The summed E-state index contributed by atoms with van der Waals surface area (Å²) in [5.41, 5.74) is 0.234. The molecule has 0 amide bonds. The van der Waals surface area contributed by atoms with Crippen molar-refractivity contribution in [3.05, 3.63) is 82.7 Å². The number of aliphatic imine (C=N–C) groups is 1. The number of ether oxygens (including phenoxy) is 2. The zero-order valence-electron chi connectivity index (χ0n) is 19.0. The van der Waals surface area contributed by atoms with Crippen LogP contribution in [0.1, 0.15) is 23.4 Å². The second kappa shape index (κ2) is 10.7. The van der Waals surface area contributed by atoms with Gasteiger partial charge in [0.15, 0.2) is 12.4 Å². The van der Waals surface area contributed by atoms with Crippen LogP contribution in [0.5, 0.6) is 0 Å². The molecule has 2 atom stereocenters. The zero-order valence-corrected chi connectivity index (χ0v) is 19.9. The van der Waals surface area contributed by atoms with Crippen molar-refractivity contribution < 1.29 is 28.2 Å². The molecule has 0 saturated heterocycles. The molecule has 0 fully saturated rings. The lowest BCUT2D eigenvalue weighted by Crippen LogP contribution is -2.43. The average molecular weight is 514 g/mol. The number of thiazole rings is 1. The molecular formula is C24H21F2N5O4S. The summed E-state index contributed by atoms with van der Waals surface area (Å²) < 4.78 is 40.7. The number of aromatic nitrogens is 4. The van der Waals surface area contributed by atoms with E-state index in [2.05, 4.69) is 26.5 Å². The lowest BCUT2D eigenvalue weighted by atomic mass is 9.81. The van der Waals surface area contributed by atoms with Gasteiger partial charge >= 0.3 is 6.16 Å². The molecule has 9 nitrogen and oxygen atoms in total. The fourth-order valence-corrected chi connectivity index (χ4v) is 4.77. The van der Waals surface area contributed by atoms with E-state index < -0.39 is 36.1 Å². The largest absolute Gasteiger partial charge is 0.511 e. The monoisotopic (exact) mass is 513 g/mol. The van der Waals surface area contributed by atoms with Gasteiger partial charge in [-0.25, -0.2) is 28.2 Å². The van der Waals surface area contributed by atoms with Crippen LogP contribution in [-0.2, 0) is 21.6 Å². The van der Waals surface area contributed by atoms with E-state index in [1.54, 1.807) is 19.1 Å². The molecule has 4 aromatic rings. The van der Waals surface area contributed by atoms with E-state index in [9.17, 15) is 9.18 Å².